The van der Waals surface area contributed by atoms with Gasteiger partial charge in [-0.05, 0) is 35.9 Å². The van der Waals surface area contributed by atoms with Crippen LogP contribution in [0.15, 0.2) is 48.7 Å². The number of hydrogen-bond donors (Lipinski definition) is 4. The predicted molar refractivity (Wildman–Crippen MR) is 96.6 cm³/mol. The van der Waals surface area contributed by atoms with Crippen LogP contribution in [0.1, 0.15) is 5.56 Å². The summed E-state index contributed by atoms with van der Waals surface area (Å²) in [5, 5.41) is 26.4. The lowest BCUT2D eigenvalue weighted by Crippen LogP contribution is -2.47. The number of carbonyl (C=O) groups excluding carboxylic acids is 2. The van der Waals surface area contributed by atoms with Crippen LogP contribution in [0.3, 0.4) is 0 Å². The number of imide groups is 1. The smallest absolute Gasteiger partial charge is 0.322 e. The quantitative estimate of drug-likeness (QED) is 0.525. The molecule has 0 saturated carbocycles. The molecule has 138 valence electrons. The Kier molecular flexibility index (Phi) is 3.69. The normalized spacial score (nSPS) is 19.1. The molecule has 8 nitrogen and oxygen atoms in total. The second-order valence-electron chi connectivity index (χ2n) is 6.39. The number of carbonyl (C=O) groups is 2. The van der Waals surface area contributed by atoms with E-state index in [2.05, 4.69) is 10.6 Å². The molecule has 4 N–H and O–H groups in total. The Bertz CT molecular complexity index is 1060. The van der Waals surface area contributed by atoms with Crippen molar-refractivity contribution in [2.45, 2.75) is 12.1 Å². The number of methoxy groups -OCH3 is 1. The second-order valence-corrected chi connectivity index (χ2v) is 6.39. The first kappa shape index (κ1) is 16.8. The molecular weight excluding hydrogens is 350 g/mol. The van der Waals surface area contributed by atoms with Crippen LogP contribution >= 0.6 is 0 Å². The van der Waals surface area contributed by atoms with E-state index in [-0.39, 0.29) is 18.2 Å². The summed E-state index contributed by atoms with van der Waals surface area (Å²) in [5.74, 6) is 0.118. The third-order valence-electron chi connectivity index (χ3n) is 4.78. The molecule has 1 aliphatic rings. The number of fused-ring (bicyclic) bond motifs is 1. The highest BCUT2D eigenvalue weighted by atomic mass is 16.5. The minimum atomic E-state index is -1.42. The van der Waals surface area contributed by atoms with Gasteiger partial charge in [0.15, 0.2) is 11.4 Å². The Balaban J connectivity index is 1.82. The maximum absolute atomic E-state index is 12.7. The van der Waals surface area contributed by atoms with Crippen LogP contribution in [0, 0.1) is 0 Å². The molecule has 2 heterocycles. The fraction of sp³-hybridized carbons (Fsp3) is 0.158. The summed E-state index contributed by atoms with van der Waals surface area (Å²) in [5.41, 5.74) is -0.931. The van der Waals surface area contributed by atoms with E-state index in [1.165, 1.54) is 16.7 Å². The van der Waals surface area contributed by atoms with E-state index in [1.807, 2.05) is 0 Å². The summed E-state index contributed by atoms with van der Waals surface area (Å²) in [4.78, 5) is 24.5. The lowest BCUT2D eigenvalue weighted by molar-refractivity contribution is -0.124. The fourth-order valence-electron chi connectivity index (χ4n) is 3.38. The molecule has 0 bridgehead atoms. The molecule has 1 aromatic heterocycles. The second kappa shape index (κ2) is 5.94. The van der Waals surface area contributed by atoms with Crippen LogP contribution in [-0.2, 0) is 16.9 Å². The van der Waals surface area contributed by atoms with Crippen molar-refractivity contribution in [3.63, 3.8) is 0 Å². The summed E-state index contributed by atoms with van der Waals surface area (Å²) in [7, 11) is 1.55. The highest BCUT2D eigenvalue weighted by Gasteiger charge is 2.48. The van der Waals surface area contributed by atoms with Crippen molar-refractivity contribution in [2.75, 3.05) is 7.11 Å². The van der Waals surface area contributed by atoms with Gasteiger partial charge in [-0.15, -0.1) is 0 Å². The maximum atomic E-state index is 12.7. The zero-order valence-corrected chi connectivity index (χ0v) is 14.4. The molecule has 2 aromatic carbocycles. The summed E-state index contributed by atoms with van der Waals surface area (Å²) in [6.45, 7) is -0.0296. The molecule has 4 rings (SSSR count). The number of phenols is 1. The number of hydrogen-bond acceptors (Lipinski definition) is 5. The van der Waals surface area contributed by atoms with E-state index in [0.717, 1.165) is 5.39 Å². The number of rotatable bonds is 4. The zero-order valence-electron chi connectivity index (χ0n) is 14.4. The Morgan fingerprint density at radius 2 is 1.85 bits per heavy atom. The van der Waals surface area contributed by atoms with Gasteiger partial charge in [0.1, 0.15) is 11.5 Å². The molecule has 0 unspecified atom stereocenters. The van der Waals surface area contributed by atoms with Gasteiger partial charge in [0, 0.05) is 17.0 Å². The number of ether oxygens (including phenoxy) is 1. The van der Waals surface area contributed by atoms with Crippen molar-refractivity contribution >= 4 is 22.7 Å². The molecule has 0 radical (unpaired) electrons. The fourth-order valence-corrected chi connectivity index (χ4v) is 3.38. The van der Waals surface area contributed by atoms with E-state index in [4.69, 9.17) is 4.74 Å². The lowest BCUT2D eigenvalue weighted by Gasteiger charge is -2.27. The van der Waals surface area contributed by atoms with Crippen molar-refractivity contribution < 1.29 is 24.5 Å². The Morgan fingerprint density at radius 3 is 2.48 bits per heavy atom. The average molecular weight is 367 g/mol. The maximum Gasteiger partial charge on any atom is 0.322 e. The number of nitrogens with one attached hydrogen (secondary N) is 2. The van der Waals surface area contributed by atoms with Gasteiger partial charge >= 0.3 is 6.03 Å². The van der Waals surface area contributed by atoms with Crippen LogP contribution in [0.2, 0.25) is 0 Å². The predicted octanol–water partition coefficient (Wildman–Crippen LogP) is 1.80. The molecule has 3 aromatic rings. The molecule has 3 amide bonds. The highest BCUT2D eigenvalue weighted by molar-refractivity contribution is 6.07. The topological polar surface area (TPSA) is 113 Å². The van der Waals surface area contributed by atoms with Crippen molar-refractivity contribution in [1.82, 2.24) is 15.2 Å². The number of amides is 3. The van der Waals surface area contributed by atoms with Crippen LogP contribution < -0.4 is 15.4 Å². The number of urea groups is 1. The summed E-state index contributed by atoms with van der Waals surface area (Å²) in [6.07, 6.45) is 1.69. The van der Waals surface area contributed by atoms with Crippen molar-refractivity contribution in [1.29, 1.82) is 0 Å². The van der Waals surface area contributed by atoms with Gasteiger partial charge in [0.05, 0.1) is 13.7 Å². The van der Waals surface area contributed by atoms with E-state index in [9.17, 15) is 19.8 Å². The van der Waals surface area contributed by atoms with Gasteiger partial charge in [-0.1, -0.05) is 12.1 Å². The minimum Gasteiger partial charge on any atom is -0.508 e. The Hall–Kier alpha value is -3.68. The first-order valence-corrected chi connectivity index (χ1v) is 8.22. The number of benzene rings is 2. The standard InChI is InChI=1S/C19H17N3O5/c1-27-14-6-7-15-11(8-14)9-22(16(15)24)10-19(17(25)20-18(26)21-19)12-2-4-13(23)5-3-12/h2-9,23-24H,10H2,1H3,(H2,20,21,25,26)/t19-/m0/s1. The van der Waals surface area contributed by atoms with Gasteiger partial charge < -0.3 is 24.8 Å². The van der Waals surface area contributed by atoms with E-state index < -0.39 is 17.5 Å². The highest BCUT2D eigenvalue weighted by Crippen LogP contribution is 2.35. The summed E-state index contributed by atoms with van der Waals surface area (Å²) < 4.78 is 6.70. The third-order valence-corrected chi connectivity index (χ3v) is 4.78. The number of aromatic nitrogens is 1. The average Bonchev–Trinajstić information content (AvgIpc) is 3.11. The first-order chi connectivity index (χ1) is 12.9. The zero-order chi connectivity index (χ0) is 19.2. The van der Waals surface area contributed by atoms with Crippen molar-refractivity contribution in [2.24, 2.45) is 0 Å². The van der Waals surface area contributed by atoms with Crippen LogP contribution in [-0.4, -0.2) is 33.8 Å². The summed E-state index contributed by atoms with van der Waals surface area (Å²) >= 11 is 0. The van der Waals surface area contributed by atoms with Gasteiger partial charge in [-0.3, -0.25) is 10.1 Å². The molecule has 1 atom stereocenters. The van der Waals surface area contributed by atoms with E-state index in [1.54, 1.807) is 43.6 Å². The molecule has 8 heteroatoms. The van der Waals surface area contributed by atoms with Gasteiger partial charge in [-0.2, -0.15) is 0 Å². The van der Waals surface area contributed by atoms with Crippen molar-refractivity contribution in [3.8, 4) is 17.4 Å². The van der Waals surface area contributed by atoms with Crippen molar-refractivity contribution in [3.05, 3.63) is 54.2 Å². The monoisotopic (exact) mass is 367 g/mol. The first-order valence-electron chi connectivity index (χ1n) is 8.22. The lowest BCUT2D eigenvalue weighted by atomic mass is 9.89. The molecule has 27 heavy (non-hydrogen) atoms. The largest absolute Gasteiger partial charge is 0.508 e. The molecule has 1 fully saturated rings. The molecule has 1 aliphatic heterocycles. The Morgan fingerprint density at radius 1 is 1.11 bits per heavy atom. The van der Waals surface area contributed by atoms with Crippen LogP contribution in [0.25, 0.3) is 10.8 Å². The number of phenolic OH excluding ortho intramolecular Hbond substituents is 1. The van der Waals surface area contributed by atoms with Gasteiger partial charge in [0.25, 0.3) is 5.91 Å². The SMILES string of the molecule is COc1ccc2c(O)n(C[C@@]3(c4ccc(O)cc4)NC(=O)NC3=O)cc2c1. The third kappa shape index (κ3) is 2.62. The minimum absolute atomic E-state index is 0.0280. The number of aromatic hydroxyl groups is 2. The number of nitrogens with zero attached hydrogens (tertiary/aromatic N) is 1. The van der Waals surface area contributed by atoms with E-state index in [0.29, 0.717) is 16.7 Å². The summed E-state index contributed by atoms with van der Waals surface area (Å²) in [6, 6.07) is 10.6. The van der Waals surface area contributed by atoms with Gasteiger partial charge in [0.2, 0.25) is 0 Å². The van der Waals surface area contributed by atoms with Crippen LogP contribution in [0.5, 0.6) is 17.4 Å². The molecule has 0 aliphatic carbocycles. The Labute approximate surface area is 154 Å². The molecule has 0 spiro atoms. The van der Waals surface area contributed by atoms with Gasteiger partial charge in [-0.25, -0.2) is 4.79 Å². The van der Waals surface area contributed by atoms with E-state index >= 15 is 0 Å². The molecular formula is C19H17N3O5. The van der Waals surface area contributed by atoms with Crippen LogP contribution in [0.4, 0.5) is 4.79 Å². The molecule has 1 saturated heterocycles.